The monoisotopic (exact) mass is 524 g/mol. The molecule has 0 saturated heterocycles. The molecule has 1 unspecified atom stereocenters. The average molecular weight is 525 g/mol. The quantitative estimate of drug-likeness (QED) is 0.229. The molecule has 7 heteroatoms. The first kappa shape index (κ1) is 27.4. The molecule has 3 aromatic carbocycles. The molecule has 0 aliphatic rings. The highest BCUT2D eigenvalue weighted by molar-refractivity contribution is 5.94. The molecular weight excluding hydrogens is 492 g/mol. The van der Waals surface area contributed by atoms with E-state index in [0.29, 0.717) is 36.1 Å². The minimum Gasteiger partial charge on any atom is -0.492 e. The van der Waals surface area contributed by atoms with E-state index in [4.69, 9.17) is 9.47 Å². The van der Waals surface area contributed by atoms with E-state index in [1.807, 2.05) is 54.6 Å². The van der Waals surface area contributed by atoms with Crippen LogP contribution in [0.15, 0.2) is 97.2 Å². The predicted molar refractivity (Wildman–Crippen MR) is 150 cm³/mol. The van der Waals surface area contributed by atoms with Crippen LogP contribution in [0.4, 0.5) is 0 Å². The lowest BCUT2D eigenvalue weighted by Gasteiger charge is -2.16. The lowest BCUT2D eigenvalue weighted by atomic mass is 10.0. The Balaban J connectivity index is 1.22. The number of benzene rings is 3. The first-order valence-electron chi connectivity index (χ1n) is 12.9. The molecule has 0 aliphatic heterocycles. The molecule has 4 aromatic rings. The van der Waals surface area contributed by atoms with Crippen LogP contribution in [0, 0.1) is 0 Å². The number of carboxylic acids is 1. The van der Waals surface area contributed by atoms with Gasteiger partial charge in [-0.2, -0.15) is 0 Å². The minimum atomic E-state index is -1.02. The molecule has 0 fully saturated rings. The number of hydrogen-bond donors (Lipinski definition) is 2. The van der Waals surface area contributed by atoms with Crippen molar-refractivity contribution in [1.82, 2.24) is 10.3 Å². The fourth-order valence-corrected chi connectivity index (χ4v) is 3.97. The minimum absolute atomic E-state index is 0.180. The molecule has 1 aromatic heterocycles. The summed E-state index contributed by atoms with van der Waals surface area (Å²) in [5.74, 6) is 0.343. The number of nitrogens with zero attached hydrogens (tertiary/aromatic N) is 1. The molecule has 0 radical (unpaired) electrons. The number of carboxylic acid groups (broad SMARTS) is 1. The largest absolute Gasteiger partial charge is 0.492 e. The summed E-state index contributed by atoms with van der Waals surface area (Å²) < 4.78 is 11.5. The van der Waals surface area contributed by atoms with Gasteiger partial charge in [0.1, 0.15) is 18.1 Å². The van der Waals surface area contributed by atoms with Crippen LogP contribution >= 0.6 is 0 Å². The van der Waals surface area contributed by atoms with Crippen LogP contribution in [-0.4, -0.2) is 41.2 Å². The Morgan fingerprint density at radius 3 is 2.18 bits per heavy atom. The van der Waals surface area contributed by atoms with E-state index in [1.54, 1.807) is 42.6 Å². The van der Waals surface area contributed by atoms with Crippen LogP contribution in [0.2, 0.25) is 0 Å². The number of carbonyl (C=O) groups is 2. The van der Waals surface area contributed by atoms with Gasteiger partial charge in [-0.1, -0.05) is 56.3 Å². The van der Waals surface area contributed by atoms with Crippen molar-refractivity contribution in [2.75, 3.05) is 13.2 Å². The van der Waals surface area contributed by atoms with E-state index in [2.05, 4.69) is 24.1 Å². The van der Waals surface area contributed by atoms with Gasteiger partial charge in [-0.05, 0) is 65.6 Å². The first-order chi connectivity index (χ1) is 18.9. The summed E-state index contributed by atoms with van der Waals surface area (Å²) in [5, 5.41) is 12.5. The summed E-state index contributed by atoms with van der Waals surface area (Å²) in [5.41, 5.74) is 4.34. The second kappa shape index (κ2) is 13.2. The zero-order valence-electron chi connectivity index (χ0n) is 22.0. The smallest absolute Gasteiger partial charge is 0.345 e. The van der Waals surface area contributed by atoms with Crippen LogP contribution in [-0.2, 0) is 11.2 Å². The number of pyridine rings is 1. The maximum absolute atomic E-state index is 12.4. The highest BCUT2D eigenvalue weighted by atomic mass is 16.5. The van der Waals surface area contributed by atoms with Crippen LogP contribution in [0.25, 0.3) is 11.3 Å². The maximum Gasteiger partial charge on any atom is 0.345 e. The maximum atomic E-state index is 12.4. The van der Waals surface area contributed by atoms with E-state index in [0.717, 1.165) is 16.8 Å². The van der Waals surface area contributed by atoms with Gasteiger partial charge in [0, 0.05) is 23.7 Å². The Hall–Kier alpha value is -4.65. The molecule has 200 valence electrons. The lowest BCUT2D eigenvalue weighted by Crippen LogP contribution is -2.29. The third-order valence-electron chi connectivity index (χ3n) is 6.21. The number of rotatable bonds is 12. The van der Waals surface area contributed by atoms with Gasteiger partial charge < -0.3 is 19.9 Å². The molecule has 0 saturated carbocycles. The van der Waals surface area contributed by atoms with Crippen LogP contribution in [0.1, 0.15) is 41.3 Å². The van der Waals surface area contributed by atoms with Gasteiger partial charge >= 0.3 is 5.97 Å². The molecule has 1 atom stereocenters. The number of hydrogen-bond acceptors (Lipinski definition) is 5. The third-order valence-corrected chi connectivity index (χ3v) is 6.21. The molecule has 7 nitrogen and oxygen atoms in total. The molecular formula is C32H32N2O5. The van der Waals surface area contributed by atoms with Crippen molar-refractivity contribution in [2.45, 2.75) is 32.3 Å². The molecule has 0 bridgehead atoms. The zero-order valence-corrected chi connectivity index (χ0v) is 22.0. The van der Waals surface area contributed by atoms with Crippen LogP contribution in [0.5, 0.6) is 11.5 Å². The van der Waals surface area contributed by atoms with Crippen molar-refractivity contribution >= 4 is 11.9 Å². The van der Waals surface area contributed by atoms with Crippen molar-refractivity contribution in [3.8, 4) is 22.8 Å². The van der Waals surface area contributed by atoms with Gasteiger partial charge in [0.25, 0.3) is 5.91 Å². The van der Waals surface area contributed by atoms with E-state index in [-0.39, 0.29) is 12.3 Å². The number of ether oxygens (including phenoxy) is 2. The van der Waals surface area contributed by atoms with E-state index >= 15 is 0 Å². The highest BCUT2D eigenvalue weighted by Gasteiger charge is 2.20. The van der Waals surface area contributed by atoms with Crippen molar-refractivity contribution in [3.05, 3.63) is 114 Å². The molecule has 0 spiro atoms. The topological polar surface area (TPSA) is 97.8 Å². The van der Waals surface area contributed by atoms with Gasteiger partial charge in [0.2, 0.25) is 0 Å². The van der Waals surface area contributed by atoms with E-state index in [1.165, 1.54) is 5.56 Å². The van der Waals surface area contributed by atoms with Gasteiger partial charge in [0.15, 0.2) is 6.10 Å². The Morgan fingerprint density at radius 1 is 0.872 bits per heavy atom. The molecule has 0 aliphatic carbocycles. The highest BCUT2D eigenvalue weighted by Crippen LogP contribution is 2.21. The SMILES string of the molecule is CC(C)c1ccc(OC(Cc2ccc(OCCNC(=O)c3ccc(-c4ccccn4)cc3)cc2)C(=O)O)cc1. The third kappa shape index (κ3) is 7.92. The van der Waals surface area contributed by atoms with Crippen molar-refractivity contribution in [2.24, 2.45) is 0 Å². The average Bonchev–Trinajstić information content (AvgIpc) is 2.96. The summed E-state index contributed by atoms with van der Waals surface area (Å²) in [6, 6.07) is 27.7. The Labute approximate surface area is 228 Å². The summed E-state index contributed by atoms with van der Waals surface area (Å²) in [6.07, 6.45) is 0.949. The number of aliphatic carboxylic acids is 1. The number of carbonyl (C=O) groups excluding carboxylic acids is 1. The summed E-state index contributed by atoms with van der Waals surface area (Å²) in [6.45, 7) is 4.84. The van der Waals surface area contributed by atoms with Crippen LogP contribution < -0.4 is 14.8 Å². The van der Waals surface area contributed by atoms with Gasteiger partial charge in [-0.3, -0.25) is 9.78 Å². The molecule has 1 heterocycles. The van der Waals surface area contributed by atoms with Crippen molar-refractivity contribution in [1.29, 1.82) is 0 Å². The van der Waals surface area contributed by atoms with Crippen LogP contribution in [0.3, 0.4) is 0 Å². The normalized spacial score (nSPS) is 11.6. The second-order valence-corrected chi connectivity index (χ2v) is 9.41. The molecule has 1 amide bonds. The first-order valence-corrected chi connectivity index (χ1v) is 12.9. The Kier molecular flexibility index (Phi) is 9.29. The predicted octanol–water partition coefficient (Wildman–Crippen LogP) is 5.76. The Morgan fingerprint density at radius 2 is 1.56 bits per heavy atom. The van der Waals surface area contributed by atoms with E-state index in [9.17, 15) is 14.7 Å². The fourth-order valence-electron chi connectivity index (χ4n) is 3.97. The fraction of sp³-hybridized carbons (Fsp3) is 0.219. The van der Waals surface area contributed by atoms with Gasteiger partial charge in [-0.15, -0.1) is 0 Å². The number of aromatic nitrogens is 1. The van der Waals surface area contributed by atoms with E-state index < -0.39 is 12.1 Å². The summed E-state index contributed by atoms with van der Waals surface area (Å²) in [7, 11) is 0. The number of amides is 1. The van der Waals surface area contributed by atoms with Crippen molar-refractivity contribution in [3.63, 3.8) is 0 Å². The standard InChI is InChI=1S/C32H32N2O5/c1-22(2)24-12-16-28(17-13-24)39-30(32(36)37)21-23-6-14-27(15-7-23)38-20-19-34-31(35)26-10-8-25(9-11-26)29-5-3-4-18-33-29/h3-18,22,30H,19-21H2,1-2H3,(H,34,35)(H,36,37). The molecule has 39 heavy (non-hydrogen) atoms. The zero-order chi connectivity index (χ0) is 27.6. The molecule has 2 N–H and O–H groups in total. The number of nitrogens with one attached hydrogen (secondary N) is 1. The van der Waals surface area contributed by atoms with Gasteiger partial charge in [-0.25, -0.2) is 4.79 Å². The second-order valence-electron chi connectivity index (χ2n) is 9.41. The summed E-state index contributed by atoms with van der Waals surface area (Å²) in [4.78, 5) is 28.5. The summed E-state index contributed by atoms with van der Waals surface area (Å²) >= 11 is 0. The lowest BCUT2D eigenvalue weighted by molar-refractivity contribution is -0.145. The molecule has 4 rings (SSSR count). The Bertz CT molecular complexity index is 1350. The van der Waals surface area contributed by atoms with Gasteiger partial charge in [0.05, 0.1) is 12.2 Å². The van der Waals surface area contributed by atoms with Crippen molar-refractivity contribution < 1.29 is 24.2 Å².